The summed E-state index contributed by atoms with van der Waals surface area (Å²) >= 11 is 0. The SMILES string of the molecule is O=[N+]([O-])c1ccccc1CN1CCCC[C@H]1CCO. The van der Waals surface area contributed by atoms with Crippen molar-refractivity contribution in [2.45, 2.75) is 38.3 Å². The van der Waals surface area contributed by atoms with E-state index in [1.807, 2.05) is 12.1 Å². The zero-order valence-electron chi connectivity index (χ0n) is 11.0. The first-order chi connectivity index (χ1) is 9.22. The van der Waals surface area contributed by atoms with Gasteiger partial charge in [0.2, 0.25) is 0 Å². The zero-order chi connectivity index (χ0) is 13.7. The van der Waals surface area contributed by atoms with Crippen LogP contribution in [-0.4, -0.2) is 34.1 Å². The van der Waals surface area contributed by atoms with Gasteiger partial charge in [-0.05, 0) is 25.8 Å². The van der Waals surface area contributed by atoms with Crippen molar-refractivity contribution in [3.63, 3.8) is 0 Å². The number of para-hydroxylation sites is 1. The second-order valence-corrected chi connectivity index (χ2v) is 5.02. The molecule has 5 nitrogen and oxygen atoms in total. The number of nitro benzene ring substituents is 1. The minimum atomic E-state index is -0.319. The molecule has 1 N–H and O–H groups in total. The van der Waals surface area contributed by atoms with Crippen LogP contribution in [0.5, 0.6) is 0 Å². The number of hydrogen-bond acceptors (Lipinski definition) is 4. The van der Waals surface area contributed by atoms with Gasteiger partial charge in [-0.1, -0.05) is 24.6 Å². The summed E-state index contributed by atoms with van der Waals surface area (Å²) < 4.78 is 0. The van der Waals surface area contributed by atoms with Crippen LogP contribution in [0.4, 0.5) is 5.69 Å². The number of benzene rings is 1. The lowest BCUT2D eigenvalue weighted by Gasteiger charge is -2.35. The quantitative estimate of drug-likeness (QED) is 0.654. The average Bonchev–Trinajstić information content (AvgIpc) is 2.42. The minimum Gasteiger partial charge on any atom is -0.396 e. The maximum absolute atomic E-state index is 11.0. The molecule has 0 unspecified atom stereocenters. The summed E-state index contributed by atoms with van der Waals surface area (Å²) in [5, 5.41) is 20.1. The number of hydrogen-bond donors (Lipinski definition) is 1. The van der Waals surface area contributed by atoms with E-state index in [-0.39, 0.29) is 17.2 Å². The molecule has 0 amide bonds. The molecule has 104 valence electrons. The van der Waals surface area contributed by atoms with E-state index in [1.165, 1.54) is 6.42 Å². The molecule has 5 heteroatoms. The smallest absolute Gasteiger partial charge is 0.273 e. The highest BCUT2D eigenvalue weighted by molar-refractivity contribution is 5.39. The fourth-order valence-electron chi connectivity index (χ4n) is 2.79. The molecule has 1 aromatic rings. The Kier molecular flexibility index (Phi) is 4.87. The zero-order valence-corrected chi connectivity index (χ0v) is 11.0. The van der Waals surface area contributed by atoms with Crippen LogP contribution in [0.25, 0.3) is 0 Å². The van der Waals surface area contributed by atoms with E-state index in [0.29, 0.717) is 12.6 Å². The summed E-state index contributed by atoms with van der Waals surface area (Å²) in [7, 11) is 0. The topological polar surface area (TPSA) is 66.6 Å². The summed E-state index contributed by atoms with van der Waals surface area (Å²) in [4.78, 5) is 13.0. The van der Waals surface area contributed by atoms with Gasteiger partial charge in [0.25, 0.3) is 5.69 Å². The Balaban J connectivity index is 2.12. The molecule has 2 rings (SSSR count). The lowest BCUT2D eigenvalue weighted by molar-refractivity contribution is -0.385. The van der Waals surface area contributed by atoms with E-state index >= 15 is 0 Å². The van der Waals surface area contributed by atoms with Crippen molar-refractivity contribution in [1.29, 1.82) is 0 Å². The van der Waals surface area contributed by atoms with Crippen molar-refractivity contribution >= 4 is 5.69 Å². The van der Waals surface area contributed by atoms with Gasteiger partial charge in [-0.25, -0.2) is 0 Å². The van der Waals surface area contributed by atoms with Gasteiger partial charge in [0.05, 0.1) is 4.92 Å². The molecule has 0 aliphatic carbocycles. The van der Waals surface area contributed by atoms with E-state index in [4.69, 9.17) is 5.11 Å². The normalized spacial score (nSPS) is 20.4. The molecular formula is C14H20N2O3. The van der Waals surface area contributed by atoms with E-state index in [9.17, 15) is 10.1 Å². The number of nitro groups is 1. The maximum Gasteiger partial charge on any atom is 0.273 e. The molecule has 0 spiro atoms. The van der Waals surface area contributed by atoms with Gasteiger partial charge in [0.15, 0.2) is 0 Å². The first-order valence-electron chi connectivity index (χ1n) is 6.79. The van der Waals surface area contributed by atoms with Crippen LogP contribution in [-0.2, 0) is 6.54 Å². The van der Waals surface area contributed by atoms with Gasteiger partial charge >= 0.3 is 0 Å². The first-order valence-corrected chi connectivity index (χ1v) is 6.79. The highest BCUT2D eigenvalue weighted by Crippen LogP contribution is 2.25. The Labute approximate surface area is 113 Å². The number of likely N-dealkylation sites (tertiary alicyclic amines) is 1. The highest BCUT2D eigenvalue weighted by Gasteiger charge is 2.24. The van der Waals surface area contributed by atoms with Crippen LogP contribution in [0.2, 0.25) is 0 Å². The Hall–Kier alpha value is -1.46. The summed E-state index contributed by atoms with van der Waals surface area (Å²) in [6.45, 7) is 1.73. The molecule has 1 aliphatic rings. The van der Waals surface area contributed by atoms with Crippen molar-refractivity contribution in [1.82, 2.24) is 4.90 Å². The number of piperidine rings is 1. The van der Waals surface area contributed by atoms with Crippen LogP contribution in [0.3, 0.4) is 0 Å². The highest BCUT2D eigenvalue weighted by atomic mass is 16.6. The van der Waals surface area contributed by atoms with Crippen molar-refractivity contribution in [3.8, 4) is 0 Å². The Bertz CT molecular complexity index is 434. The van der Waals surface area contributed by atoms with Gasteiger partial charge in [-0.15, -0.1) is 0 Å². The molecule has 1 aliphatic heterocycles. The fourth-order valence-corrected chi connectivity index (χ4v) is 2.79. The lowest BCUT2D eigenvalue weighted by Crippen LogP contribution is -2.39. The standard InChI is InChI=1S/C14H20N2O3/c17-10-8-13-6-3-4-9-15(13)11-12-5-1-2-7-14(12)16(18)19/h1-2,5,7,13,17H,3-4,6,8-11H2/t13-/m0/s1. The average molecular weight is 264 g/mol. The predicted molar refractivity (Wildman–Crippen MR) is 72.8 cm³/mol. The Morgan fingerprint density at radius 2 is 2.16 bits per heavy atom. The van der Waals surface area contributed by atoms with Crippen molar-refractivity contribution in [3.05, 3.63) is 39.9 Å². The molecule has 1 aromatic carbocycles. The number of aliphatic hydroxyl groups is 1. The fraction of sp³-hybridized carbons (Fsp3) is 0.571. The van der Waals surface area contributed by atoms with Crippen LogP contribution in [0.1, 0.15) is 31.2 Å². The largest absolute Gasteiger partial charge is 0.396 e. The Morgan fingerprint density at radius 3 is 2.89 bits per heavy atom. The number of rotatable bonds is 5. The summed E-state index contributed by atoms with van der Waals surface area (Å²) in [5.41, 5.74) is 0.952. The lowest BCUT2D eigenvalue weighted by atomic mass is 9.98. The van der Waals surface area contributed by atoms with E-state index in [1.54, 1.807) is 12.1 Å². The van der Waals surface area contributed by atoms with Crippen molar-refractivity contribution in [2.75, 3.05) is 13.2 Å². The van der Waals surface area contributed by atoms with Crippen LogP contribution >= 0.6 is 0 Å². The molecule has 0 saturated carbocycles. The second kappa shape index (κ2) is 6.63. The minimum absolute atomic E-state index is 0.179. The molecule has 1 saturated heterocycles. The van der Waals surface area contributed by atoms with Crippen molar-refractivity contribution < 1.29 is 10.0 Å². The third-order valence-corrected chi connectivity index (χ3v) is 3.77. The molecule has 1 heterocycles. The molecule has 0 radical (unpaired) electrons. The van der Waals surface area contributed by atoms with Gasteiger partial charge < -0.3 is 5.11 Å². The molecule has 0 bridgehead atoms. The van der Waals surface area contributed by atoms with Gasteiger partial charge in [0, 0.05) is 30.8 Å². The summed E-state index contributed by atoms with van der Waals surface area (Å²) in [6.07, 6.45) is 4.13. The molecule has 1 atom stereocenters. The Morgan fingerprint density at radius 1 is 1.37 bits per heavy atom. The third-order valence-electron chi connectivity index (χ3n) is 3.77. The third kappa shape index (κ3) is 3.52. The molecular weight excluding hydrogens is 244 g/mol. The van der Waals surface area contributed by atoms with Gasteiger partial charge in [-0.3, -0.25) is 15.0 Å². The summed E-state index contributed by atoms with van der Waals surface area (Å²) in [5.74, 6) is 0. The van der Waals surface area contributed by atoms with Crippen LogP contribution < -0.4 is 0 Å². The van der Waals surface area contributed by atoms with Crippen molar-refractivity contribution in [2.24, 2.45) is 0 Å². The van der Waals surface area contributed by atoms with Crippen LogP contribution in [0, 0.1) is 10.1 Å². The predicted octanol–water partition coefficient (Wildman–Crippen LogP) is 2.33. The number of aliphatic hydroxyl groups excluding tert-OH is 1. The van der Waals surface area contributed by atoms with E-state index in [2.05, 4.69) is 4.90 Å². The molecule has 1 fully saturated rings. The molecule has 19 heavy (non-hydrogen) atoms. The van der Waals surface area contributed by atoms with Gasteiger partial charge in [0.1, 0.15) is 0 Å². The van der Waals surface area contributed by atoms with Gasteiger partial charge in [-0.2, -0.15) is 0 Å². The van der Waals surface area contributed by atoms with Crippen LogP contribution in [0.15, 0.2) is 24.3 Å². The maximum atomic E-state index is 11.0. The van der Waals surface area contributed by atoms with E-state index in [0.717, 1.165) is 31.4 Å². The molecule has 0 aromatic heterocycles. The first kappa shape index (κ1) is 14.0. The monoisotopic (exact) mass is 264 g/mol. The summed E-state index contributed by atoms with van der Waals surface area (Å²) in [6, 6.07) is 7.26. The van der Waals surface area contributed by atoms with E-state index < -0.39 is 0 Å². The number of nitrogens with zero attached hydrogens (tertiary/aromatic N) is 2. The second-order valence-electron chi connectivity index (χ2n) is 5.02.